The van der Waals surface area contributed by atoms with Crippen LogP contribution < -0.4 is 9.47 Å². The molecular weight excluding hydrogens is 262 g/mol. The van der Waals surface area contributed by atoms with E-state index >= 15 is 0 Å². The van der Waals surface area contributed by atoms with Crippen LogP contribution >= 0.6 is 0 Å². The fourth-order valence-electron chi connectivity index (χ4n) is 2.58. The number of methoxy groups -OCH3 is 1. The number of nitrogens with zero attached hydrogens (tertiary/aromatic N) is 1. The highest BCUT2D eigenvalue weighted by Gasteiger charge is 2.07. The van der Waals surface area contributed by atoms with Gasteiger partial charge >= 0.3 is 0 Å². The summed E-state index contributed by atoms with van der Waals surface area (Å²) in [7, 11) is 1.69. The molecule has 0 aliphatic rings. The molecule has 0 radical (unpaired) electrons. The van der Waals surface area contributed by atoms with E-state index in [1.165, 1.54) is 11.1 Å². The Hall–Kier alpha value is -2.42. The van der Waals surface area contributed by atoms with Crippen LogP contribution in [0.3, 0.4) is 0 Å². The van der Waals surface area contributed by atoms with Gasteiger partial charge in [0.05, 0.1) is 19.2 Å². The first-order valence-corrected chi connectivity index (χ1v) is 7.15. The van der Waals surface area contributed by atoms with Gasteiger partial charge < -0.3 is 14.0 Å². The lowest BCUT2D eigenvalue weighted by molar-refractivity contribution is 0.344. The quantitative estimate of drug-likeness (QED) is 0.703. The van der Waals surface area contributed by atoms with Crippen LogP contribution in [0.5, 0.6) is 11.5 Å². The molecular formula is C18H19NO2. The van der Waals surface area contributed by atoms with Gasteiger partial charge in [0.1, 0.15) is 11.5 Å². The Kier molecular flexibility index (Phi) is 3.82. The normalized spacial score (nSPS) is 10.8. The smallest absolute Gasteiger partial charge is 0.128 e. The van der Waals surface area contributed by atoms with Crippen molar-refractivity contribution in [3.8, 4) is 11.5 Å². The molecule has 108 valence electrons. The lowest BCUT2D eigenvalue weighted by Crippen LogP contribution is -1.98. The fourth-order valence-corrected chi connectivity index (χ4v) is 2.58. The van der Waals surface area contributed by atoms with E-state index in [-0.39, 0.29) is 0 Å². The van der Waals surface area contributed by atoms with Gasteiger partial charge in [-0.3, -0.25) is 0 Å². The number of fused-ring (bicyclic) bond motifs is 1. The summed E-state index contributed by atoms with van der Waals surface area (Å²) in [4.78, 5) is 0. The Morgan fingerprint density at radius 3 is 2.71 bits per heavy atom. The fraction of sp³-hybridized carbons (Fsp3) is 0.222. The van der Waals surface area contributed by atoms with E-state index in [0.29, 0.717) is 6.61 Å². The molecule has 1 heterocycles. The summed E-state index contributed by atoms with van der Waals surface area (Å²) in [5.41, 5.74) is 2.40. The third kappa shape index (κ3) is 2.72. The van der Waals surface area contributed by atoms with Gasteiger partial charge in [-0.15, -0.1) is 0 Å². The lowest BCUT2D eigenvalue weighted by atomic mass is 10.2. The van der Waals surface area contributed by atoms with Crippen LogP contribution in [0.1, 0.15) is 12.5 Å². The highest BCUT2D eigenvalue weighted by molar-refractivity contribution is 5.86. The van der Waals surface area contributed by atoms with Gasteiger partial charge in [0, 0.05) is 18.1 Å². The first kappa shape index (κ1) is 13.6. The van der Waals surface area contributed by atoms with Gasteiger partial charge in [-0.25, -0.2) is 0 Å². The number of hydrogen-bond acceptors (Lipinski definition) is 2. The van der Waals surface area contributed by atoms with Crippen molar-refractivity contribution in [2.24, 2.45) is 0 Å². The molecule has 21 heavy (non-hydrogen) atoms. The molecule has 0 N–H and O–H groups in total. The molecule has 3 aromatic rings. The zero-order valence-corrected chi connectivity index (χ0v) is 12.4. The van der Waals surface area contributed by atoms with Crippen molar-refractivity contribution >= 4 is 10.9 Å². The lowest BCUT2D eigenvalue weighted by Gasteiger charge is -2.09. The predicted molar refractivity (Wildman–Crippen MR) is 85.2 cm³/mol. The number of ether oxygens (including phenoxy) is 2. The summed E-state index contributed by atoms with van der Waals surface area (Å²) < 4.78 is 13.2. The molecule has 1 aromatic heterocycles. The van der Waals surface area contributed by atoms with Crippen molar-refractivity contribution in [2.75, 3.05) is 13.7 Å². The molecule has 3 heteroatoms. The van der Waals surface area contributed by atoms with Crippen molar-refractivity contribution in [1.82, 2.24) is 4.57 Å². The summed E-state index contributed by atoms with van der Waals surface area (Å²) in [5, 5.41) is 1.15. The van der Waals surface area contributed by atoms with Gasteiger partial charge in [0.15, 0.2) is 0 Å². The minimum Gasteiger partial charge on any atom is -0.497 e. The number of rotatable bonds is 5. The summed E-state index contributed by atoms with van der Waals surface area (Å²) in [6.07, 6.45) is 2.10. The third-order valence-electron chi connectivity index (χ3n) is 3.56. The van der Waals surface area contributed by atoms with Gasteiger partial charge in [0.2, 0.25) is 0 Å². The summed E-state index contributed by atoms with van der Waals surface area (Å²) in [6, 6.07) is 16.4. The molecule has 0 fully saturated rings. The van der Waals surface area contributed by atoms with Gasteiger partial charge in [-0.1, -0.05) is 18.2 Å². The minimum atomic E-state index is 0.681. The Labute approximate surface area is 124 Å². The van der Waals surface area contributed by atoms with Crippen LogP contribution in [0.2, 0.25) is 0 Å². The highest BCUT2D eigenvalue weighted by Crippen LogP contribution is 2.27. The van der Waals surface area contributed by atoms with Crippen molar-refractivity contribution < 1.29 is 9.47 Å². The van der Waals surface area contributed by atoms with E-state index < -0.39 is 0 Å². The molecule has 0 unspecified atom stereocenters. The highest BCUT2D eigenvalue weighted by atomic mass is 16.5. The van der Waals surface area contributed by atoms with Gasteiger partial charge in [0.25, 0.3) is 0 Å². The minimum absolute atomic E-state index is 0.681. The van der Waals surface area contributed by atoms with Crippen molar-refractivity contribution in [3.05, 3.63) is 60.3 Å². The Morgan fingerprint density at radius 1 is 1.05 bits per heavy atom. The first-order valence-electron chi connectivity index (χ1n) is 7.15. The predicted octanol–water partition coefficient (Wildman–Crippen LogP) is 4.10. The largest absolute Gasteiger partial charge is 0.497 e. The third-order valence-corrected chi connectivity index (χ3v) is 3.56. The zero-order valence-electron chi connectivity index (χ0n) is 12.4. The molecule has 0 bridgehead atoms. The SMILES string of the molecule is CCOc1cccc2c1ccn2Cc1cccc(OC)c1. The molecule has 3 rings (SSSR count). The van der Waals surface area contributed by atoms with E-state index in [0.717, 1.165) is 23.4 Å². The van der Waals surface area contributed by atoms with Gasteiger partial charge in [-0.05, 0) is 42.8 Å². The van der Waals surface area contributed by atoms with E-state index in [1.807, 2.05) is 31.2 Å². The molecule has 0 atom stereocenters. The Morgan fingerprint density at radius 2 is 1.90 bits per heavy atom. The average Bonchev–Trinajstić information content (AvgIpc) is 2.92. The number of benzene rings is 2. The standard InChI is InChI=1S/C18H19NO2/c1-3-21-18-9-5-8-17-16(18)10-11-19(17)13-14-6-4-7-15(12-14)20-2/h4-12H,3,13H2,1-2H3. The Bertz CT molecular complexity index is 746. The Balaban J connectivity index is 1.95. The van der Waals surface area contributed by atoms with E-state index in [1.54, 1.807) is 7.11 Å². The topological polar surface area (TPSA) is 23.4 Å². The van der Waals surface area contributed by atoms with Crippen LogP contribution in [0, 0.1) is 0 Å². The van der Waals surface area contributed by atoms with Crippen LogP contribution in [-0.4, -0.2) is 18.3 Å². The second-order valence-electron chi connectivity index (χ2n) is 4.92. The van der Waals surface area contributed by atoms with Crippen LogP contribution in [-0.2, 0) is 6.54 Å². The van der Waals surface area contributed by atoms with Crippen LogP contribution in [0.15, 0.2) is 54.7 Å². The molecule has 0 saturated heterocycles. The monoisotopic (exact) mass is 281 g/mol. The number of aromatic nitrogens is 1. The van der Waals surface area contributed by atoms with Crippen molar-refractivity contribution in [1.29, 1.82) is 0 Å². The van der Waals surface area contributed by atoms with E-state index in [2.05, 4.69) is 35.0 Å². The van der Waals surface area contributed by atoms with E-state index in [9.17, 15) is 0 Å². The van der Waals surface area contributed by atoms with Crippen LogP contribution in [0.4, 0.5) is 0 Å². The van der Waals surface area contributed by atoms with Gasteiger partial charge in [-0.2, -0.15) is 0 Å². The molecule has 2 aromatic carbocycles. The summed E-state index contributed by atoms with van der Waals surface area (Å²) in [6.45, 7) is 3.50. The van der Waals surface area contributed by atoms with Crippen molar-refractivity contribution in [2.45, 2.75) is 13.5 Å². The maximum atomic E-state index is 5.69. The summed E-state index contributed by atoms with van der Waals surface area (Å²) in [5.74, 6) is 1.83. The van der Waals surface area contributed by atoms with Crippen LogP contribution in [0.25, 0.3) is 10.9 Å². The molecule has 3 nitrogen and oxygen atoms in total. The maximum absolute atomic E-state index is 5.69. The molecule has 0 aliphatic carbocycles. The average molecular weight is 281 g/mol. The molecule has 0 aliphatic heterocycles. The first-order chi connectivity index (χ1) is 10.3. The number of hydrogen-bond donors (Lipinski definition) is 0. The molecule has 0 spiro atoms. The molecule has 0 amide bonds. The zero-order chi connectivity index (χ0) is 14.7. The maximum Gasteiger partial charge on any atom is 0.128 e. The van der Waals surface area contributed by atoms with E-state index in [4.69, 9.17) is 9.47 Å². The molecule has 0 saturated carbocycles. The second-order valence-corrected chi connectivity index (χ2v) is 4.92. The summed E-state index contributed by atoms with van der Waals surface area (Å²) >= 11 is 0. The van der Waals surface area contributed by atoms with Crippen molar-refractivity contribution in [3.63, 3.8) is 0 Å². The second kappa shape index (κ2) is 5.92.